The van der Waals surface area contributed by atoms with Gasteiger partial charge in [0, 0.05) is 17.1 Å². The highest BCUT2D eigenvalue weighted by atomic mass is 79.9. The van der Waals surface area contributed by atoms with Crippen molar-refractivity contribution in [1.82, 2.24) is 5.32 Å². The molecule has 0 aromatic heterocycles. The van der Waals surface area contributed by atoms with Crippen molar-refractivity contribution >= 4 is 15.9 Å². The van der Waals surface area contributed by atoms with Gasteiger partial charge in [-0.2, -0.15) is 0 Å². The summed E-state index contributed by atoms with van der Waals surface area (Å²) in [6.45, 7) is 12.1. The Hall–Kier alpha value is 0.180. The first-order chi connectivity index (χ1) is 6.86. The van der Waals surface area contributed by atoms with Gasteiger partial charge in [0.25, 0.3) is 0 Å². The summed E-state index contributed by atoms with van der Waals surface area (Å²) in [6, 6.07) is 0.651. The van der Waals surface area contributed by atoms with Crippen LogP contribution in [0.15, 0.2) is 11.1 Å². The maximum atomic E-state index is 3.90. The minimum atomic E-state index is 0.454. The SMILES string of the molecule is C=C(Br)CNC1C(C)(C)[C@H]2CC[C@]1(C)C2. The van der Waals surface area contributed by atoms with Crippen LogP contribution in [0, 0.1) is 16.7 Å². The summed E-state index contributed by atoms with van der Waals surface area (Å²) in [4.78, 5) is 0. The Morgan fingerprint density at radius 2 is 2.13 bits per heavy atom. The second kappa shape index (κ2) is 3.59. The Kier molecular flexibility index (Phi) is 2.79. The molecule has 2 saturated carbocycles. The summed E-state index contributed by atoms with van der Waals surface area (Å²) in [7, 11) is 0. The second-order valence-corrected chi connectivity index (χ2v) is 7.37. The van der Waals surface area contributed by atoms with Crippen LogP contribution in [0.4, 0.5) is 0 Å². The lowest BCUT2D eigenvalue weighted by Crippen LogP contribution is -2.50. The zero-order valence-corrected chi connectivity index (χ0v) is 11.7. The lowest BCUT2D eigenvalue weighted by molar-refractivity contribution is 0.112. The van der Waals surface area contributed by atoms with E-state index >= 15 is 0 Å². The fourth-order valence-electron chi connectivity index (χ4n) is 4.02. The van der Waals surface area contributed by atoms with Crippen molar-refractivity contribution < 1.29 is 0 Å². The van der Waals surface area contributed by atoms with Crippen LogP contribution >= 0.6 is 15.9 Å². The van der Waals surface area contributed by atoms with E-state index in [0.29, 0.717) is 16.9 Å². The van der Waals surface area contributed by atoms with Gasteiger partial charge >= 0.3 is 0 Å². The van der Waals surface area contributed by atoms with E-state index in [9.17, 15) is 0 Å². The van der Waals surface area contributed by atoms with Crippen LogP contribution in [0.2, 0.25) is 0 Å². The maximum Gasteiger partial charge on any atom is 0.0268 e. The van der Waals surface area contributed by atoms with Crippen LogP contribution in [0.5, 0.6) is 0 Å². The van der Waals surface area contributed by atoms with Crippen molar-refractivity contribution in [3.63, 3.8) is 0 Å². The number of halogens is 1. The molecule has 0 aliphatic heterocycles. The number of fused-ring (bicyclic) bond motifs is 2. The van der Waals surface area contributed by atoms with Gasteiger partial charge in [-0.05, 0) is 36.0 Å². The van der Waals surface area contributed by atoms with E-state index in [2.05, 4.69) is 48.6 Å². The molecule has 0 aromatic carbocycles. The molecular weight excluding hydrogens is 250 g/mol. The molecule has 2 aliphatic carbocycles. The third kappa shape index (κ3) is 1.80. The smallest absolute Gasteiger partial charge is 0.0268 e. The second-order valence-electron chi connectivity index (χ2n) is 6.25. The maximum absolute atomic E-state index is 3.90. The van der Waals surface area contributed by atoms with Crippen LogP contribution in [-0.4, -0.2) is 12.6 Å². The zero-order valence-electron chi connectivity index (χ0n) is 10.1. The van der Waals surface area contributed by atoms with E-state index < -0.39 is 0 Å². The molecule has 1 N–H and O–H groups in total. The highest BCUT2D eigenvalue weighted by molar-refractivity contribution is 9.11. The van der Waals surface area contributed by atoms with Crippen LogP contribution in [0.1, 0.15) is 40.0 Å². The van der Waals surface area contributed by atoms with Crippen molar-refractivity contribution in [2.24, 2.45) is 16.7 Å². The van der Waals surface area contributed by atoms with Crippen LogP contribution in [-0.2, 0) is 0 Å². The highest BCUT2D eigenvalue weighted by Gasteiger charge is 2.58. The topological polar surface area (TPSA) is 12.0 Å². The van der Waals surface area contributed by atoms with Crippen LogP contribution < -0.4 is 5.32 Å². The summed E-state index contributed by atoms with van der Waals surface area (Å²) in [5, 5.41) is 3.70. The molecule has 2 fully saturated rings. The average molecular weight is 272 g/mol. The monoisotopic (exact) mass is 271 g/mol. The molecule has 2 aliphatic rings. The highest BCUT2D eigenvalue weighted by Crippen LogP contribution is 2.62. The number of rotatable bonds is 3. The summed E-state index contributed by atoms with van der Waals surface area (Å²) in [6.07, 6.45) is 4.23. The third-order valence-corrected chi connectivity index (χ3v) is 5.05. The predicted octanol–water partition coefficient (Wildman–Crippen LogP) is 3.70. The van der Waals surface area contributed by atoms with E-state index in [1.54, 1.807) is 0 Å². The molecule has 2 bridgehead atoms. The third-order valence-electron chi connectivity index (χ3n) is 4.77. The van der Waals surface area contributed by atoms with Gasteiger partial charge in [0.1, 0.15) is 0 Å². The molecule has 0 amide bonds. The lowest BCUT2D eigenvalue weighted by Gasteiger charge is -2.43. The summed E-state index contributed by atoms with van der Waals surface area (Å²) in [5.74, 6) is 0.920. The minimum Gasteiger partial charge on any atom is -0.308 e. The van der Waals surface area contributed by atoms with Crippen molar-refractivity contribution in [2.75, 3.05) is 6.54 Å². The average Bonchev–Trinajstić information content (AvgIpc) is 2.54. The number of hydrogen-bond donors (Lipinski definition) is 1. The fourth-order valence-corrected chi connectivity index (χ4v) is 4.19. The molecule has 0 heterocycles. The molecule has 3 atom stereocenters. The predicted molar refractivity (Wildman–Crippen MR) is 69.1 cm³/mol. The molecule has 0 spiro atoms. The van der Waals surface area contributed by atoms with Gasteiger partial charge in [-0.25, -0.2) is 0 Å². The Bertz CT molecular complexity index is 280. The quantitative estimate of drug-likeness (QED) is 0.826. The Morgan fingerprint density at radius 3 is 2.60 bits per heavy atom. The van der Waals surface area contributed by atoms with E-state index in [1.165, 1.54) is 19.3 Å². The molecular formula is C13H22BrN. The molecule has 86 valence electrons. The molecule has 0 saturated heterocycles. The molecule has 2 heteroatoms. The first kappa shape index (κ1) is 11.7. The minimum absolute atomic E-state index is 0.454. The van der Waals surface area contributed by atoms with Gasteiger partial charge in [-0.3, -0.25) is 0 Å². The van der Waals surface area contributed by atoms with Gasteiger partial charge in [-0.1, -0.05) is 43.3 Å². The van der Waals surface area contributed by atoms with E-state index in [1.807, 2.05) is 0 Å². The van der Waals surface area contributed by atoms with Gasteiger partial charge in [0.15, 0.2) is 0 Å². The molecule has 15 heavy (non-hydrogen) atoms. The van der Waals surface area contributed by atoms with E-state index in [-0.39, 0.29) is 0 Å². The standard InChI is InChI=1S/C13H22BrN/c1-9(14)8-15-11-12(2,3)10-5-6-13(11,4)7-10/h10-11,15H,1,5-8H2,2-4H3/t10-,11?,13+/m0/s1. The zero-order chi connectivity index (χ0) is 11.3. The van der Waals surface area contributed by atoms with Crippen LogP contribution in [0.3, 0.4) is 0 Å². The van der Waals surface area contributed by atoms with Gasteiger partial charge < -0.3 is 5.32 Å². The molecule has 0 aromatic rings. The summed E-state index contributed by atoms with van der Waals surface area (Å²) >= 11 is 3.43. The van der Waals surface area contributed by atoms with Crippen molar-refractivity contribution in [2.45, 2.75) is 46.1 Å². The van der Waals surface area contributed by atoms with Gasteiger partial charge in [0.05, 0.1) is 0 Å². The fraction of sp³-hybridized carbons (Fsp3) is 0.846. The Balaban J connectivity index is 2.12. The van der Waals surface area contributed by atoms with E-state index in [4.69, 9.17) is 0 Å². The molecule has 0 radical (unpaired) electrons. The lowest BCUT2D eigenvalue weighted by atomic mass is 9.68. The largest absolute Gasteiger partial charge is 0.308 e. The Morgan fingerprint density at radius 1 is 1.47 bits per heavy atom. The summed E-state index contributed by atoms with van der Waals surface area (Å²) in [5.41, 5.74) is 0.978. The number of nitrogens with one attached hydrogen (secondary N) is 1. The van der Waals surface area contributed by atoms with Crippen LogP contribution in [0.25, 0.3) is 0 Å². The first-order valence-corrected chi connectivity index (χ1v) is 6.72. The van der Waals surface area contributed by atoms with E-state index in [0.717, 1.165) is 16.9 Å². The Labute approximate surface area is 102 Å². The van der Waals surface area contributed by atoms with Gasteiger partial charge in [-0.15, -0.1) is 0 Å². The first-order valence-electron chi connectivity index (χ1n) is 5.93. The van der Waals surface area contributed by atoms with Crippen molar-refractivity contribution in [3.8, 4) is 0 Å². The normalized spacial score (nSPS) is 42.1. The molecule has 1 nitrogen and oxygen atoms in total. The summed E-state index contributed by atoms with van der Waals surface area (Å²) < 4.78 is 1.06. The van der Waals surface area contributed by atoms with Gasteiger partial charge in [0.2, 0.25) is 0 Å². The number of hydrogen-bond acceptors (Lipinski definition) is 1. The molecule has 1 unspecified atom stereocenters. The molecule has 2 rings (SSSR count). The van der Waals surface area contributed by atoms with Crippen molar-refractivity contribution in [3.05, 3.63) is 11.1 Å². The van der Waals surface area contributed by atoms with Crippen molar-refractivity contribution in [1.29, 1.82) is 0 Å².